The van der Waals surface area contributed by atoms with Crippen molar-refractivity contribution in [1.29, 1.82) is 0 Å². The molecule has 0 amide bonds. The van der Waals surface area contributed by atoms with E-state index in [0.717, 1.165) is 22.6 Å². The van der Waals surface area contributed by atoms with Crippen LogP contribution in [-0.4, -0.2) is 17.2 Å². The van der Waals surface area contributed by atoms with Crippen LogP contribution < -0.4 is 4.74 Å². The molecule has 0 saturated heterocycles. The number of rotatable bonds is 2. The summed E-state index contributed by atoms with van der Waals surface area (Å²) in [5, 5.41) is 8.93. The fourth-order valence-electron chi connectivity index (χ4n) is 2.18. The van der Waals surface area contributed by atoms with Gasteiger partial charge in [0.05, 0.1) is 0 Å². The van der Waals surface area contributed by atoms with E-state index in [4.69, 9.17) is 9.84 Å². The van der Waals surface area contributed by atoms with Gasteiger partial charge in [-0.3, -0.25) is 0 Å². The Morgan fingerprint density at radius 2 is 2.22 bits per heavy atom. The van der Waals surface area contributed by atoms with Crippen molar-refractivity contribution < 1.29 is 14.6 Å². The van der Waals surface area contributed by atoms with Crippen molar-refractivity contribution in [3.63, 3.8) is 0 Å². The maximum absolute atomic E-state index is 10.9. The van der Waals surface area contributed by atoms with E-state index < -0.39 is 5.97 Å². The zero-order valence-electron chi connectivity index (χ0n) is 9.84. The number of carbonyl (C=O) groups is 1. The normalized spacial score (nSPS) is 17.3. The molecule has 0 aliphatic carbocycles. The summed E-state index contributed by atoms with van der Waals surface area (Å²) in [6.45, 7) is 2.05. The third kappa shape index (κ3) is 1.88. The van der Waals surface area contributed by atoms with Crippen molar-refractivity contribution in [3.8, 4) is 16.2 Å². The second-order valence-corrected chi connectivity index (χ2v) is 5.51. The van der Waals surface area contributed by atoms with Crippen LogP contribution in [0.2, 0.25) is 0 Å². The summed E-state index contributed by atoms with van der Waals surface area (Å²) in [4.78, 5) is 12.2. The first-order valence-electron chi connectivity index (χ1n) is 5.76. The molecule has 0 bridgehead atoms. The van der Waals surface area contributed by atoms with E-state index >= 15 is 0 Å². The van der Waals surface area contributed by atoms with Crippen molar-refractivity contribution >= 4 is 17.3 Å². The van der Waals surface area contributed by atoms with E-state index in [1.807, 2.05) is 25.1 Å². The van der Waals surface area contributed by atoms with Gasteiger partial charge in [0.15, 0.2) is 0 Å². The average molecular weight is 260 g/mol. The number of fused-ring (bicyclic) bond motifs is 1. The Balaban J connectivity index is 1.97. The quantitative estimate of drug-likeness (QED) is 0.899. The molecule has 18 heavy (non-hydrogen) atoms. The molecule has 4 heteroatoms. The van der Waals surface area contributed by atoms with Crippen molar-refractivity contribution in [1.82, 2.24) is 0 Å². The van der Waals surface area contributed by atoms with Crippen molar-refractivity contribution in [2.75, 3.05) is 0 Å². The van der Waals surface area contributed by atoms with Crippen LogP contribution in [0.25, 0.3) is 10.4 Å². The van der Waals surface area contributed by atoms with Gasteiger partial charge < -0.3 is 9.84 Å². The van der Waals surface area contributed by atoms with Gasteiger partial charge in [-0.1, -0.05) is 0 Å². The molecule has 1 N–H and O–H groups in total. The zero-order valence-corrected chi connectivity index (χ0v) is 10.7. The van der Waals surface area contributed by atoms with E-state index in [2.05, 4.69) is 6.07 Å². The highest BCUT2D eigenvalue weighted by atomic mass is 32.1. The van der Waals surface area contributed by atoms with Crippen LogP contribution in [0.5, 0.6) is 5.75 Å². The van der Waals surface area contributed by atoms with Gasteiger partial charge >= 0.3 is 5.97 Å². The summed E-state index contributed by atoms with van der Waals surface area (Å²) in [6, 6.07) is 9.54. The topological polar surface area (TPSA) is 46.5 Å². The van der Waals surface area contributed by atoms with Gasteiger partial charge in [0.1, 0.15) is 16.7 Å². The summed E-state index contributed by atoms with van der Waals surface area (Å²) in [5.74, 6) is 0.0747. The molecule has 0 saturated carbocycles. The second-order valence-electron chi connectivity index (χ2n) is 4.42. The fourth-order valence-corrected chi connectivity index (χ4v) is 3.02. The van der Waals surface area contributed by atoms with Gasteiger partial charge in [-0.15, -0.1) is 11.3 Å². The number of hydrogen-bond acceptors (Lipinski definition) is 3. The molecule has 1 aliphatic heterocycles. The fraction of sp³-hybridized carbons (Fsp3) is 0.214. The van der Waals surface area contributed by atoms with Gasteiger partial charge in [0.2, 0.25) is 0 Å². The first-order valence-corrected chi connectivity index (χ1v) is 6.58. The van der Waals surface area contributed by atoms with Crippen molar-refractivity contribution in [2.45, 2.75) is 19.4 Å². The number of aromatic carboxylic acids is 1. The molecule has 1 aliphatic rings. The molecule has 0 radical (unpaired) electrons. The molecule has 2 aromatic rings. The van der Waals surface area contributed by atoms with Crippen LogP contribution in [0.15, 0.2) is 30.3 Å². The summed E-state index contributed by atoms with van der Waals surface area (Å²) in [5.41, 5.74) is 2.26. The first kappa shape index (κ1) is 11.3. The van der Waals surface area contributed by atoms with Gasteiger partial charge in [0.25, 0.3) is 0 Å². The highest BCUT2D eigenvalue weighted by molar-refractivity contribution is 7.17. The molecule has 1 aromatic carbocycles. The standard InChI is InChI=1S/C14H12O3S/c1-8-6-10-7-9(2-3-11(10)17-8)12-4-5-13(18-12)14(15)16/h2-5,7-8H,6H2,1H3,(H,15,16). The first-order chi connectivity index (χ1) is 8.63. The maximum Gasteiger partial charge on any atom is 0.345 e. The van der Waals surface area contributed by atoms with E-state index in [-0.39, 0.29) is 6.10 Å². The SMILES string of the molecule is CC1Cc2cc(-c3ccc(C(=O)O)s3)ccc2O1. The number of hydrogen-bond donors (Lipinski definition) is 1. The lowest BCUT2D eigenvalue weighted by molar-refractivity contribution is 0.0702. The average Bonchev–Trinajstić information content (AvgIpc) is 2.91. The third-order valence-electron chi connectivity index (χ3n) is 3.00. The Labute approximate surface area is 109 Å². The number of thiophene rings is 1. The lowest BCUT2D eigenvalue weighted by Gasteiger charge is -2.02. The molecule has 3 nitrogen and oxygen atoms in total. The van der Waals surface area contributed by atoms with Crippen LogP contribution in [0.3, 0.4) is 0 Å². The molecule has 0 fully saturated rings. The van der Waals surface area contributed by atoms with E-state index in [0.29, 0.717) is 4.88 Å². The van der Waals surface area contributed by atoms with Crippen molar-refractivity contribution in [3.05, 3.63) is 40.8 Å². The summed E-state index contributed by atoms with van der Waals surface area (Å²) >= 11 is 1.30. The molecule has 92 valence electrons. The number of carboxylic acid groups (broad SMARTS) is 1. The Bertz CT molecular complexity index is 615. The molecule has 0 spiro atoms. The van der Waals surface area contributed by atoms with Gasteiger partial charge in [0, 0.05) is 11.3 Å². The molecule has 1 atom stereocenters. The van der Waals surface area contributed by atoms with Crippen molar-refractivity contribution in [2.24, 2.45) is 0 Å². The van der Waals surface area contributed by atoms with Gasteiger partial charge in [-0.2, -0.15) is 0 Å². The Kier molecular flexibility index (Phi) is 2.59. The molecular weight excluding hydrogens is 248 g/mol. The van der Waals surface area contributed by atoms with Crippen LogP contribution in [0.4, 0.5) is 0 Å². The minimum atomic E-state index is -0.871. The molecule has 3 rings (SSSR count). The zero-order chi connectivity index (χ0) is 12.7. The van der Waals surface area contributed by atoms with Crippen LogP contribution in [-0.2, 0) is 6.42 Å². The monoisotopic (exact) mass is 260 g/mol. The summed E-state index contributed by atoms with van der Waals surface area (Å²) in [6.07, 6.45) is 1.15. The third-order valence-corrected chi connectivity index (χ3v) is 4.12. The van der Waals surface area contributed by atoms with Crippen LogP contribution in [0.1, 0.15) is 22.2 Å². The summed E-state index contributed by atoms with van der Waals surface area (Å²) in [7, 11) is 0. The Morgan fingerprint density at radius 1 is 1.39 bits per heavy atom. The lowest BCUT2D eigenvalue weighted by Crippen LogP contribution is -2.05. The number of carboxylic acids is 1. The smallest absolute Gasteiger partial charge is 0.345 e. The highest BCUT2D eigenvalue weighted by Gasteiger charge is 2.19. The minimum absolute atomic E-state index is 0.230. The van der Waals surface area contributed by atoms with Gasteiger partial charge in [-0.25, -0.2) is 4.79 Å². The molecule has 2 heterocycles. The molecule has 1 aromatic heterocycles. The second kappa shape index (κ2) is 4.14. The van der Waals surface area contributed by atoms with E-state index in [1.54, 1.807) is 6.07 Å². The maximum atomic E-state index is 10.9. The van der Waals surface area contributed by atoms with E-state index in [9.17, 15) is 4.79 Å². The van der Waals surface area contributed by atoms with Crippen LogP contribution in [0, 0.1) is 0 Å². The highest BCUT2D eigenvalue weighted by Crippen LogP contribution is 2.35. The Hall–Kier alpha value is -1.81. The largest absolute Gasteiger partial charge is 0.490 e. The molecule has 1 unspecified atom stereocenters. The number of benzene rings is 1. The predicted molar refractivity (Wildman–Crippen MR) is 70.5 cm³/mol. The van der Waals surface area contributed by atoms with Crippen LogP contribution >= 0.6 is 11.3 Å². The minimum Gasteiger partial charge on any atom is -0.490 e. The number of ether oxygens (including phenoxy) is 1. The Morgan fingerprint density at radius 3 is 2.94 bits per heavy atom. The summed E-state index contributed by atoms with van der Waals surface area (Å²) < 4.78 is 5.65. The molecular formula is C14H12O3S. The lowest BCUT2D eigenvalue weighted by atomic mass is 10.1. The van der Waals surface area contributed by atoms with E-state index in [1.165, 1.54) is 16.9 Å². The van der Waals surface area contributed by atoms with Gasteiger partial charge in [-0.05, 0) is 48.4 Å². The predicted octanol–water partition coefficient (Wildman–Crippen LogP) is 3.44.